The fourth-order valence-electron chi connectivity index (χ4n) is 3.64. The van der Waals surface area contributed by atoms with Crippen LogP contribution in [0.25, 0.3) is 5.76 Å². The Bertz CT molecular complexity index is 1180. The molecule has 4 rings (SSSR count). The van der Waals surface area contributed by atoms with E-state index in [-0.39, 0.29) is 11.3 Å². The van der Waals surface area contributed by atoms with Crippen LogP contribution in [0.2, 0.25) is 0 Å². The molecule has 2 aromatic carbocycles. The number of ether oxygens (including phenoxy) is 1. The van der Waals surface area contributed by atoms with Gasteiger partial charge in [-0.05, 0) is 60.5 Å². The van der Waals surface area contributed by atoms with Crippen LogP contribution in [0, 0.1) is 0 Å². The molecule has 1 aliphatic heterocycles. The molecule has 2 heterocycles. The number of hydrogen-bond acceptors (Lipinski definition) is 5. The summed E-state index contributed by atoms with van der Waals surface area (Å²) in [5.74, 6) is -0.737. The van der Waals surface area contributed by atoms with Gasteiger partial charge in [0.15, 0.2) is 0 Å². The number of nitrogens with zero attached hydrogens (tertiary/aromatic N) is 2. The molecule has 6 nitrogen and oxygen atoms in total. The second-order valence-electron chi connectivity index (χ2n) is 7.28. The molecule has 3 aromatic rings. The van der Waals surface area contributed by atoms with Crippen LogP contribution >= 0.6 is 15.9 Å². The first-order chi connectivity index (χ1) is 15.5. The maximum atomic E-state index is 13.1. The van der Waals surface area contributed by atoms with Crippen molar-refractivity contribution < 1.29 is 19.4 Å². The maximum Gasteiger partial charge on any atom is 0.301 e. The molecule has 0 aliphatic carbocycles. The average Bonchev–Trinajstić information content (AvgIpc) is 3.08. The number of aromatic nitrogens is 1. The second kappa shape index (κ2) is 9.36. The quantitative estimate of drug-likeness (QED) is 0.288. The van der Waals surface area contributed by atoms with E-state index in [4.69, 9.17) is 4.74 Å². The number of pyridine rings is 1. The molecule has 7 heteroatoms. The molecule has 1 aliphatic rings. The largest absolute Gasteiger partial charge is 0.507 e. The van der Waals surface area contributed by atoms with Crippen LogP contribution in [0.5, 0.6) is 5.75 Å². The van der Waals surface area contributed by atoms with Crippen molar-refractivity contribution in [2.45, 2.75) is 19.4 Å². The van der Waals surface area contributed by atoms with Gasteiger partial charge in [0.2, 0.25) is 0 Å². The number of anilines is 1. The number of halogens is 1. The molecule has 1 atom stereocenters. The van der Waals surface area contributed by atoms with Crippen molar-refractivity contribution in [3.63, 3.8) is 0 Å². The summed E-state index contributed by atoms with van der Waals surface area (Å²) in [6, 6.07) is 18.4. The summed E-state index contributed by atoms with van der Waals surface area (Å²) in [6.45, 7) is 2.60. The summed E-state index contributed by atoms with van der Waals surface area (Å²) in [6.07, 6.45) is 2.44. The lowest BCUT2D eigenvalue weighted by Gasteiger charge is -2.24. The van der Waals surface area contributed by atoms with E-state index in [0.717, 1.165) is 10.9 Å². The van der Waals surface area contributed by atoms with E-state index in [0.29, 0.717) is 29.3 Å². The summed E-state index contributed by atoms with van der Waals surface area (Å²) in [5, 5.41) is 11.1. The van der Waals surface area contributed by atoms with Gasteiger partial charge in [0.05, 0.1) is 18.2 Å². The Morgan fingerprint density at radius 1 is 1.09 bits per heavy atom. The van der Waals surface area contributed by atoms with Gasteiger partial charge in [0, 0.05) is 16.2 Å². The molecule has 1 N–H and O–H groups in total. The number of carbonyl (C=O) groups is 2. The highest BCUT2D eigenvalue weighted by Gasteiger charge is 2.47. The van der Waals surface area contributed by atoms with Crippen molar-refractivity contribution in [3.05, 3.63) is 94.1 Å². The molecule has 162 valence electrons. The van der Waals surface area contributed by atoms with Crippen LogP contribution in [0.1, 0.15) is 30.5 Å². The van der Waals surface area contributed by atoms with Gasteiger partial charge in [-0.1, -0.05) is 41.1 Å². The Kier molecular flexibility index (Phi) is 6.37. The number of carbonyl (C=O) groups excluding carboxylic acids is 2. The van der Waals surface area contributed by atoms with Crippen molar-refractivity contribution in [2.75, 3.05) is 11.5 Å². The molecule has 1 saturated heterocycles. The number of ketones is 1. The van der Waals surface area contributed by atoms with Crippen LogP contribution in [-0.4, -0.2) is 28.4 Å². The Labute approximate surface area is 194 Å². The van der Waals surface area contributed by atoms with E-state index in [9.17, 15) is 14.7 Å². The fourth-order valence-corrected chi connectivity index (χ4v) is 4.06. The zero-order chi connectivity index (χ0) is 22.7. The van der Waals surface area contributed by atoms with Gasteiger partial charge in [0.25, 0.3) is 5.78 Å². The van der Waals surface area contributed by atoms with Crippen LogP contribution in [-0.2, 0) is 9.59 Å². The highest BCUT2D eigenvalue weighted by Crippen LogP contribution is 2.42. The van der Waals surface area contributed by atoms with Crippen molar-refractivity contribution in [2.24, 2.45) is 0 Å². The van der Waals surface area contributed by atoms with Gasteiger partial charge >= 0.3 is 5.91 Å². The van der Waals surface area contributed by atoms with E-state index in [1.165, 1.54) is 4.90 Å². The summed E-state index contributed by atoms with van der Waals surface area (Å²) in [7, 11) is 0. The maximum absolute atomic E-state index is 13.1. The summed E-state index contributed by atoms with van der Waals surface area (Å²) in [5.41, 5.74) is 1.11. The third kappa shape index (κ3) is 4.16. The molecule has 1 aromatic heterocycles. The van der Waals surface area contributed by atoms with Crippen molar-refractivity contribution in [1.29, 1.82) is 0 Å². The SMILES string of the molecule is CCCOc1ccc(/C(O)=C2\C(=O)C(=O)N(c3ccccn3)C2c2cccc(Br)c2)cc1. The van der Waals surface area contributed by atoms with E-state index in [2.05, 4.69) is 20.9 Å². The van der Waals surface area contributed by atoms with Crippen molar-refractivity contribution >= 4 is 39.2 Å². The van der Waals surface area contributed by atoms with Crippen LogP contribution in [0.15, 0.2) is 83.0 Å². The number of aliphatic hydroxyl groups excluding tert-OH is 1. The van der Waals surface area contributed by atoms with Crippen molar-refractivity contribution in [3.8, 4) is 5.75 Å². The Balaban J connectivity index is 1.85. The van der Waals surface area contributed by atoms with E-state index >= 15 is 0 Å². The van der Waals surface area contributed by atoms with Crippen LogP contribution in [0.4, 0.5) is 5.82 Å². The topological polar surface area (TPSA) is 79.7 Å². The lowest BCUT2D eigenvalue weighted by molar-refractivity contribution is -0.132. The minimum Gasteiger partial charge on any atom is -0.507 e. The van der Waals surface area contributed by atoms with E-state index in [1.54, 1.807) is 48.7 Å². The van der Waals surface area contributed by atoms with E-state index < -0.39 is 17.7 Å². The third-order valence-electron chi connectivity index (χ3n) is 5.11. The molecule has 1 fully saturated rings. The molecule has 0 radical (unpaired) electrons. The van der Waals surface area contributed by atoms with Gasteiger partial charge < -0.3 is 9.84 Å². The summed E-state index contributed by atoms with van der Waals surface area (Å²) < 4.78 is 6.38. The highest BCUT2D eigenvalue weighted by atomic mass is 79.9. The summed E-state index contributed by atoms with van der Waals surface area (Å²) >= 11 is 3.45. The van der Waals surface area contributed by atoms with Gasteiger partial charge in [-0.2, -0.15) is 0 Å². The molecular formula is C25H21BrN2O4. The molecule has 0 saturated carbocycles. The average molecular weight is 493 g/mol. The molecule has 0 spiro atoms. The van der Waals surface area contributed by atoms with Crippen LogP contribution < -0.4 is 9.64 Å². The lowest BCUT2D eigenvalue weighted by atomic mass is 9.95. The monoisotopic (exact) mass is 492 g/mol. The predicted molar refractivity (Wildman–Crippen MR) is 125 cm³/mol. The lowest BCUT2D eigenvalue weighted by Crippen LogP contribution is -2.30. The number of rotatable bonds is 6. The normalized spacial score (nSPS) is 17.6. The minimum absolute atomic E-state index is 0.0148. The molecular weight excluding hydrogens is 472 g/mol. The number of benzene rings is 2. The first-order valence-corrected chi connectivity index (χ1v) is 11.0. The standard InChI is InChI=1S/C25H21BrN2O4/c1-2-14-32-19-11-9-16(10-12-19)23(29)21-22(17-6-5-7-18(26)15-17)28(25(31)24(21)30)20-8-3-4-13-27-20/h3-13,15,22,29H,2,14H2,1H3/b23-21+. The zero-order valence-corrected chi connectivity index (χ0v) is 19.0. The van der Waals surface area contributed by atoms with Crippen LogP contribution in [0.3, 0.4) is 0 Å². The molecule has 1 unspecified atom stereocenters. The first-order valence-electron chi connectivity index (χ1n) is 10.2. The molecule has 1 amide bonds. The third-order valence-corrected chi connectivity index (χ3v) is 5.60. The summed E-state index contributed by atoms with van der Waals surface area (Å²) in [4.78, 5) is 31.8. The van der Waals surface area contributed by atoms with Gasteiger partial charge in [-0.15, -0.1) is 0 Å². The first kappa shape index (κ1) is 21.8. The predicted octanol–water partition coefficient (Wildman–Crippen LogP) is 5.26. The van der Waals surface area contributed by atoms with Crippen molar-refractivity contribution in [1.82, 2.24) is 4.98 Å². The Morgan fingerprint density at radius 2 is 1.88 bits per heavy atom. The minimum atomic E-state index is -0.821. The Hall–Kier alpha value is -3.45. The number of Topliss-reactive ketones (excluding diaryl/α,β-unsaturated/α-hetero) is 1. The highest BCUT2D eigenvalue weighted by molar-refractivity contribution is 9.10. The fraction of sp³-hybridized carbons (Fsp3) is 0.160. The van der Waals surface area contributed by atoms with Gasteiger partial charge in [0.1, 0.15) is 17.3 Å². The molecule has 32 heavy (non-hydrogen) atoms. The molecule has 0 bridgehead atoms. The Morgan fingerprint density at radius 3 is 2.53 bits per heavy atom. The number of hydrogen-bond donors (Lipinski definition) is 1. The van der Waals surface area contributed by atoms with E-state index in [1.807, 2.05) is 31.2 Å². The number of amides is 1. The number of aliphatic hydroxyl groups is 1. The van der Waals surface area contributed by atoms with Gasteiger partial charge in [-0.25, -0.2) is 4.98 Å². The zero-order valence-electron chi connectivity index (χ0n) is 17.4. The smallest absolute Gasteiger partial charge is 0.301 e. The van der Waals surface area contributed by atoms with Gasteiger partial charge in [-0.3, -0.25) is 14.5 Å². The second-order valence-corrected chi connectivity index (χ2v) is 8.20.